The Morgan fingerprint density at radius 2 is 1.85 bits per heavy atom. The van der Waals surface area contributed by atoms with Crippen molar-refractivity contribution in [2.75, 3.05) is 7.11 Å². The van der Waals surface area contributed by atoms with Gasteiger partial charge in [-0.25, -0.2) is 0 Å². The fourth-order valence-electron chi connectivity index (χ4n) is 4.40. The molecule has 33 heavy (non-hydrogen) atoms. The van der Waals surface area contributed by atoms with Crippen LogP contribution in [0.25, 0.3) is 11.1 Å². The molecule has 0 bridgehead atoms. The molecule has 0 saturated heterocycles. The maximum Gasteiger partial charge on any atom is 0.224 e. The lowest BCUT2D eigenvalue weighted by atomic mass is 9.98. The number of aromatic hydroxyl groups is 1. The van der Waals surface area contributed by atoms with Gasteiger partial charge in [-0.15, -0.1) is 0 Å². The van der Waals surface area contributed by atoms with Gasteiger partial charge in [0.2, 0.25) is 5.91 Å². The number of carbonyl (C=O) groups excluding carboxylic acids is 1. The highest BCUT2D eigenvalue weighted by atomic mass is 16.5. The Morgan fingerprint density at radius 1 is 1.09 bits per heavy atom. The van der Waals surface area contributed by atoms with E-state index in [0.717, 1.165) is 62.5 Å². The van der Waals surface area contributed by atoms with Crippen molar-refractivity contribution in [3.05, 3.63) is 94.0 Å². The number of ether oxygens (including phenoxy) is 1. The molecule has 1 aromatic heterocycles. The fraction of sp³-hybridized carbons (Fsp3) is 0.250. The van der Waals surface area contributed by atoms with Crippen molar-refractivity contribution in [3.8, 4) is 11.5 Å². The summed E-state index contributed by atoms with van der Waals surface area (Å²) >= 11 is 0. The molecule has 0 spiro atoms. The van der Waals surface area contributed by atoms with Crippen LogP contribution in [0, 0.1) is 13.8 Å². The number of fused-ring (bicyclic) bond motifs is 1. The van der Waals surface area contributed by atoms with Crippen LogP contribution < -0.4 is 10.1 Å². The molecule has 0 fully saturated rings. The van der Waals surface area contributed by atoms with Gasteiger partial charge >= 0.3 is 0 Å². The van der Waals surface area contributed by atoms with E-state index in [2.05, 4.69) is 24.4 Å². The summed E-state index contributed by atoms with van der Waals surface area (Å²) in [5.74, 6) is 1.79. The number of nitrogens with one attached hydrogen (secondary N) is 1. The van der Waals surface area contributed by atoms with Gasteiger partial charge in [0, 0.05) is 0 Å². The van der Waals surface area contributed by atoms with Crippen molar-refractivity contribution in [2.45, 2.75) is 40.2 Å². The number of hydrogen-bond donors (Lipinski definition) is 2. The Hall–Kier alpha value is -3.73. The zero-order valence-corrected chi connectivity index (χ0v) is 19.5. The van der Waals surface area contributed by atoms with Crippen LogP contribution in [-0.4, -0.2) is 18.1 Å². The minimum absolute atomic E-state index is 0.0550. The summed E-state index contributed by atoms with van der Waals surface area (Å²) in [5.41, 5.74) is 8.26. The zero-order valence-electron chi connectivity index (χ0n) is 19.5. The largest absolute Gasteiger partial charge is 0.507 e. The SMILES string of the molecule is COc1ccc2c(c1)C(CC(=O)NCc1ccco1)=C(C)/C2=C/Cc1cc(C)c(O)c(C)c1. The second-order valence-corrected chi connectivity index (χ2v) is 8.45. The molecule has 1 amide bonds. The van der Waals surface area contributed by atoms with Gasteiger partial charge in [0.25, 0.3) is 0 Å². The van der Waals surface area contributed by atoms with E-state index in [9.17, 15) is 9.90 Å². The molecular weight excluding hydrogens is 414 g/mol. The number of amides is 1. The normalized spacial score (nSPS) is 14.0. The number of rotatable bonds is 7. The van der Waals surface area contributed by atoms with Gasteiger partial charge in [-0.3, -0.25) is 4.79 Å². The third-order valence-electron chi connectivity index (χ3n) is 6.17. The maximum absolute atomic E-state index is 12.7. The smallest absolute Gasteiger partial charge is 0.224 e. The van der Waals surface area contributed by atoms with Gasteiger partial charge in [0.15, 0.2) is 0 Å². The average molecular weight is 444 g/mol. The molecule has 170 valence electrons. The van der Waals surface area contributed by atoms with Gasteiger partial charge in [-0.2, -0.15) is 0 Å². The predicted octanol–water partition coefficient (Wildman–Crippen LogP) is 5.73. The Balaban J connectivity index is 1.62. The molecular formula is C28H29NO4. The van der Waals surface area contributed by atoms with Crippen LogP contribution in [0.3, 0.4) is 0 Å². The first-order valence-electron chi connectivity index (χ1n) is 11.0. The van der Waals surface area contributed by atoms with Gasteiger partial charge in [-0.05, 0) is 96.0 Å². The molecule has 2 aromatic carbocycles. The number of carbonyl (C=O) groups is 1. The molecule has 0 radical (unpaired) electrons. The molecule has 3 aromatic rings. The van der Waals surface area contributed by atoms with Gasteiger partial charge in [-0.1, -0.05) is 24.3 Å². The number of hydrogen-bond acceptors (Lipinski definition) is 4. The van der Waals surface area contributed by atoms with E-state index < -0.39 is 0 Å². The van der Waals surface area contributed by atoms with Gasteiger partial charge in [0.1, 0.15) is 17.3 Å². The highest BCUT2D eigenvalue weighted by Gasteiger charge is 2.25. The zero-order chi connectivity index (χ0) is 23.5. The molecule has 5 nitrogen and oxygen atoms in total. The summed E-state index contributed by atoms with van der Waals surface area (Å²) in [7, 11) is 1.65. The Morgan fingerprint density at radius 3 is 2.52 bits per heavy atom. The van der Waals surface area contributed by atoms with Gasteiger partial charge in [0.05, 0.1) is 26.3 Å². The molecule has 0 aliphatic heterocycles. The highest BCUT2D eigenvalue weighted by Crippen LogP contribution is 2.44. The van der Waals surface area contributed by atoms with Crippen molar-refractivity contribution >= 4 is 17.1 Å². The van der Waals surface area contributed by atoms with Crippen LogP contribution in [0.5, 0.6) is 11.5 Å². The molecule has 1 heterocycles. The average Bonchev–Trinajstić information content (AvgIpc) is 3.41. The standard InChI is InChI=1S/C28H29NO4/c1-17-12-20(13-18(2)28(17)31)7-9-23-19(3)25(26-14-21(32-4)8-10-24(23)26)15-27(30)29-16-22-6-5-11-33-22/h5-6,8-14,31H,7,15-16H2,1-4H3,(H,29,30)/b23-9-. The third-order valence-corrected chi connectivity index (χ3v) is 6.17. The minimum Gasteiger partial charge on any atom is -0.507 e. The molecule has 0 saturated carbocycles. The lowest BCUT2D eigenvalue weighted by molar-refractivity contribution is -0.120. The molecule has 0 atom stereocenters. The summed E-state index contributed by atoms with van der Waals surface area (Å²) < 4.78 is 10.8. The number of benzene rings is 2. The first-order chi connectivity index (χ1) is 15.9. The first-order valence-corrected chi connectivity index (χ1v) is 11.0. The van der Waals surface area contributed by atoms with Crippen LogP contribution in [0.2, 0.25) is 0 Å². The molecule has 5 heteroatoms. The summed E-state index contributed by atoms with van der Waals surface area (Å²) in [6.07, 6.45) is 4.82. The van der Waals surface area contributed by atoms with Crippen LogP contribution in [0.4, 0.5) is 0 Å². The Bertz CT molecular complexity index is 1230. The lowest BCUT2D eigenvalue weighted by Gasteiger charge is -2.09. The quantitative estimate of drug-likeness (QED) is 0.489. The van der Waals surface area contributed by atoms with Gasteiger partial charge < -0.3 is 19.6 Å². The molecule has 4 rings (SSSR count). The number of phenols is 1. The number of allylic oxidation sites excluding steroid dienone is 3. The van der Waals surface area contributed by atoms with Crippen molar-refractivity contribution in [3.63, 3.8) is 0 Å². The van der Waals surface area contributed by atoms with E-state index in [1.807, 2.05) is 50.2 Å². The second-order valence-electron chi connectivity index (χ2n) is 8.45. The van der Waals surface area contributed by atoms with Crippen LogP contribution in [-0.2, 0) is 17.8 Å². The number of methoxy groups -OCH3 is 1. The summed E-state index contributed by atoms with van der Waals surface area (Å²) in [5, 5.41) is 13.0. The lowest BCUT2D eigenvalue weighted by Crippen LogP contribution is -2.22. The fourth-order valence-corrected chi connectivity index (χ4v) is 4.40. The van der Waals surface area contributed by atoms with E-state index >= 15 is 0 Å². The number of phenolic OH excluding ortho intramolecular Hbond substituents is 1. The van der Waals surface area contributed by atoms with Crippen LogP contribution in [0.1, 0.15) is 46.9 Å². The van der Waals surface area contributed by atoms with Crippen molar-refractivity contribution in [1.29, 1.82) is 0 Å². The molecule has 1 aliphatic carbocycles. The number of aryl methyl sites for hydroxylation is 2. The van der Waals surface area contributed by atoms with E-state index in [1.165, 1.54) is 0 Å². The first kappa shape index (κ1) is 22.5. The van der Waals surface area contributed by atoms with Crippen molar-refractivity contribution in [2.24, 2.45) is 0 Å². The Kier molecular flexibility index (Phi) is 6.40. The minimum atomic E-state index is -0.0550. The van der Waals surface area contributed by atoms with Crippen LogP contribution in [0.15, 0.2) is 64.8 Å². The van der Waals surface area contributed by atoms with Crippen LogP contribution >= 0.6 is 0 Å². The topological polar surface area (TPSA) is 71.7 Å². The predicted molar refractivity (Wildman–Crippen MR) is 130 cm³/mol. The summed E-state index contributed by atoms with van der Waals surface area (Å²) in [6, 6.07) is 13.7. The van der Waals surface area contributed by atoms with E-state index in [1.54, 1.807) is 13.4 Å². The summed E-state index contributed by atoms with van der Waals surface area (Å²) in [6.45, 7) is 6.27. The Labute approximate surface area is 194 Å². The molecule has 1 aliphatic rings. The van der Waals surface area contributed by atoms with E-state index in [0.29, 0.717) is 12.3 Å². The highest BCUT2D eigenvalue weighted by molar-refractivity contribution is 6.04. The molecule has 0 unspecified atom stereocenters. The molecule has 2 N–H and O–H groups in total. The van der Waals surface area contributed by atoms with E-state index in [4.69, 9.17) is 9.15 Å². The maximum atomic E-state index is 12.7. The van der Waals surface area contributed by atoms with Crippen molar-refractivity contribution < 1.29 is 19.1 Å². The summed E-state index contributed by atoms with van der Waals surface area (Å²) in [4.78, 5) is 12.7. The van der Waals surface area contributed by atoms with Crippen molar-refractivity contribution in [1.82, 2.24) is 5.32 Å². The second kappa shape index (κ2) is 9.41. The van der Waals surface area contributed by atoms with E-state index in [-0.39, 0.29) is 12.3 Å². The monoisotopic (exact) mass is 443 g/mol. The number of furan rings is 1. The third kappa shape index (κ3) is 4.72.